The molecular formula is C13H18ClN3O3. The number of benzene rings is 1. The molecule has 0 radical (unpaired) electrons. The van der Waals surface area contributed by atoms with Gasteiger partial charge in [0.2, 0.25) is 0 Å². The first-order valence-corrected chi connectivity index (χ1v) is 6.57. The number of carbonyl (C=O) groups excluding carboxylic acids is 1. The summed E-state index contributed by atoms with van der Waals surface area (Å²) < 4.78 is 5.38. The molecule has 0 heterocycles. The molecule has 0 aliphatic rings. The molecule has 0 spiro atoms. The van der Waals surface area contributed by atoms with Crippen LogP contribution in [-0.2, 0) is 4.79 Å². The van der Waals surface area contributed by atoms with Gasteiger partial charge >= 0.3 is 0 Å². The number of likely N-dealkylation sites (N-methyl/N-ethyl adjacent to an activating group) is 1. The van der Waals surface area contributed by atoms with Gasteiger partial charge < -0.3 is 20.6 Å². The third-order valence-electron chi connectivity index (χ3n) is 2.68. The fraction of sp³-hybridized carbons (Fsp3) is 0.385. The molecule has 1 aromatic rings. The fourth-order valence-corrected chi connectivity index (χ4v) is 1.65. The maximum atomic E-state index is 11.9. The first kappa shape index (κ1) is 16.1. The number of amides is 1. The van der Waals surface area contributed by atoms with Gasteiger partial charge in [-0.25, -0.2) is 0 Å². The Morgan fingerprint density at radius 1 is 1.45 bits per heavy atom. The number of halogens is 1. The minimum absolute atomic E-state index is 0.0638. The SMILES string of the molecule is CCN(CCC(N)=NO)C(=O)COc1ccc(Cl)cc1. The summed E-state index contributed by atoms with van der Waals surface area (Å²) in [5.74, 6) is 0.512. The molecule has 3 N–H and O–H groups in total. The molecule has 7 heteroatoms. The Hall–Kier alpha value is -1.95. The van der Waals surface area contributed by atoms with Gasteiger partial charge in [-0.05, 0) is 31.2 Å². The van der Waals surface area contributed by atoms with Crippen molar-refractivity contribution < 1.29 is 14.7 Å². The van der Waals surface area contributed by atoms with Crippen LogP contribution in [-0.4, -0.2) is 41.5 Å². The van der Waals surface area contributed by atoms with Crippen molar-refractivity contribution in [3.05, 3.63) is 29.3 Å². The lowest BCUT2D eigenvalue weighted by molar-refractivity contribution is -0.133. The van der Waals surface area contributed by atoms with Crippen molar-refractivity contribution in [1.29, 1.82) is 0 Å². The van der Waals surface area contributed by atoms with Crippen LogP contribution in [0.15, 0.2) is 29.4 Å². The van der Waals surface area contributed by atoms with Crippen LogP contribution >= 0.6 is 11.6 Å². The van der Waals surface area contributed by atoms with Crippen molar-refractivity contribution in [3.63, 3.8) is 0 Å². The Kier molecular flexibility index (Phi) is 6.66. The zero-order chi connectivity index (χ0) is 15.0. The quantitative estimate of drug-likeness (QED) is 0.347. The molecule has 0 fully saturated rings. The van der Waals surface area contributed by atoms with Gasteiger partial charge in [0.25, 0.3) is 5.91 Å². The first-order valence-electron chi connectivity index (χ1n) is 6.19. The van der Waals surface area contributed by atoms with E-state index in [1.807, 2.05) is 6.92 Å². The first-order chi connectivity index (χ1) is 9.56. The summed E-state index contributed by atoms with van der Waals surface area (Å²) in [7, 11) is 0. The van der Waals surface area contributed by atoms with Gasteiger partial charge in [-0.15, -0.1) is 0 Å². The van der Waals surface area contributed by atoms with Gasteiger partial charge in [-0.3, -0.25) is 4.79 Å². The summed E-state index contributed by atoms with van der Waals surface area (Å²) in [5, 5.41) is 11.9. The molecule has 1 rings (SSSR count). The Bertz CT molecular complexity index is 462. The molecule has 0 atom stereocenters. The van der Waals surface area contributed by atoms with Gasteiger partial charge in [0.1, 0.15) is 11.6 Å². The Labute approximate surface area is 122 Å². The van der Waals surface area contributed by atoms with E-state index >= 15 is 0 Å². The second kappa shape index (κ2) is 8.27. The summed E-state index contributed by atoms with van der Waals surface area (Å²) in [6.45, 7) is 2.70. The van der Waals surface area contributed by atoms with E-state index in [2.05, 4.69) is 5.16 Å². The second-order valence-electron chi connectivity index (χ2n) is 4.06. The van der Waals surface area contributed by atoms with E-state index in [1.54, 1.807) is 29.2 Å². The molecule has 0 aliphatic heterocycles. The lowest BCUT2D eigenvalue weighted by atomic mass is 10.3. The van der Waals surface area contributed by atoms with Crippen molar-refractivity contribution in [2.24, 2.45) is 10.9 Å². The number of nitrogens with two attached hydrogens (primary N) is 1. The summed E-state index contributed by atoms with van der Waals surface area (Å²) >= 11 is 5.76. The van der Waals surface area contributed by atoms with E-state index in [1.165, 1.54) is 0 Å². The molecule has 0 aromatic heterocycles. The maximum Gasteiger partial charge on any atom is 0.260 e. The Balaban J connectivity index is 2.44. The van der Waals surface area contributed by atoms with E-state index in [-0.39, 0.29) is 18.3 Å². The smallest absolute Gasteiger partial charge is 0.260 e. The third kappa shape index (κ3) is 5.36. The fourth-order valence-electron chi connectivity index (χ4n) is 1.53. The van der Waals surface area contributed by atoms with E-state index in [0.717, 1.165) is 0 Å². The van der Waals surface area contributed by atoms with E-state index < -0.39 is 0 Å². The van der Waals surface area contributed by atoms with Gasteiger partial charge in [0.05, 0.1) is 0 Å². The maximum absolute atomic E-state index is 11.9. The number of oxime groups is 1. The zero-order valence-electron chi connectivity index (χ0n) is 11.3. The highest BCUT2D eigenvalue weighted by Crippen LogP contribution is 2.15. The zero-order valence-corrected chi connectivity index (χ0v) is 12.0. The molecule has 110 valence electrons. The van der Waals surface area contributed by atoms with Crippen molar-refractivity contribution >= 4 is 23.3 Å². The predicted molar refractivity (Wildman–Crippen MR) is 77.2 cm³/mol. The summed E-state index contributed by atoms with van der Waals surface area (Å²) in [5.41, 5.74) is 5.37. The molecule has 0 aliphatic carbocycles. The number of amidine groups is 1. The van der Waals surface area contributed by atoms with E-state index in [4.69, 9.17) is 27.3 Å². The minimum Gasteiger partial charge on any atom is -0.484 e. The van der Waals surface area contributed by atoms with Crippen LogP contribution in [0.4, 0.5) is 0 Å². The van der Waals surface area contributed by atoms with Gasteiger partial charge in [0.15, 0.2) is 6.61 Å². The lowest BCUT2D eigenvalue weighted by Gasteiger charge is -2.20. The van der Waals surface area contributed by atoms with Crippen LogP contribution in [0.25, 0.3) is 0 Å². The molecule has 6 nitrogen and oxygen atoms in total. The van der Waals surface area contributed by atoms with Crippen LogP contribution < -0.4 is 10.5 Å². The highest BCUT2D eigenvalue weighted by molar-refractivity contribution is 6.30. The second-order valence-corrected chi connectivity index (χ2v) is 4.49. The molecule has 0 saturated heterocycles. The molecule has 1 amide bonds. The predicted octanol–water partition coefficient (Wildman–Crippen LogP) is 1.70. The van der Waals surface area contributed by atoms with Crippen molar-refractivity contribution in [2.45, 2.75) is 13.3 Å². The standard InChI is InChI=1S/C13H18ClN3O3/c1-2-17(8-7-12(15)16-19)13(18)9-20-11-5-3-10(14)4-6-11/h3-6,19H,2,7-9H2,1H3,(H2,15,16). The molecule has 0 saturated carbocycles. The van der Waals surface area contributed by atoms with Crippen molar-refractivity contribution in [1.82, 2.24) is 4.90 Å². The number of nitrogens with zero attached hydrogens (tertiary/aromatic N) is 2. The minimum atomic E-state index is -0.159. The van der Waals surface area contributed by atoms with E-state index in [9.17, 15) is 4.79 Å². The van der Waals surface area contributed by atoms with Crippen LogP contribution in [0.5, 0.6) is 5.75 Å². The number of carbonyl (C=O) groups is 1. The molecular weight excluding hydrogens is 282 g/mol. The Morgan fingerprint density at radius 2 is 2.10 bits per heavy atom. The topological polar surface area (TPSA) is 88.1 Å². The van der Waals surface area contributed by atoms with Crippen LogP contribution in [0.2, 0.25) is 5.02 Å². The average molecular weight is 300 g/mol. The molecule has 20 heavy (non-hydrogen) atoms. The lowest BCUT2D eigenvalue weighted by Crippen LogP contribution is -2.37. The van der Waals surface area contributed by atoms with Crippen molar-refractivity contribution in [2.75, 3.05) is 19.7 Å². The molecule has 0 bridgehead atoms. The number of hydrogen-bond acceptors (Lipinski definition) is 4. The van der Waals surface area contributed by atoms with Crippen LogP contribution in [0.3, 0.4) is 0 Å². The highest BCUT2D eigenvalue weighted by Gasteiger charge is 2.12. The molecule has 0 unspecified atom stereocenters. The average Bonchev–Trinajstić information content (AvgIpc) is 2.47. The highest BCUT2D eigenvalue weighted by atomic mass is 35.5. The van der Waals surface area contributed by atoms with E-state index in [0.29, 0.717) is 30.3 Å². The normalized spacial score (nSPS) is 11.2. The van der Waals surface area contributed by atoms with Crippen LogP contribution in [0.1, 0.15) is 13.3 Å². The summed E-state index contributed by atoms with van der Waals surface area (Å²) in [6.07, 6.45) is 0.316. The molecule has 1 aromatic carbocycles. The number of ether oxygens (including phenoxy) is 1. The van der Waals surface area contributed by atoms with Gasteiger partial charge in [-0.1, -0.05) is 16.8 Å². The monoisotopic (exact) mass is 299 g/mol. The largest absolute Gasteiger partial charge is 0.484 e. The summed E-state index contributed by atoms with van der Waals surface area (Å²) in [6, 6.07) is 6.78. The van der Waals surface area contributed by atoms with Gasteiger partial charge in [0, 0.05) is 24.5 Å². The van der Waals surface area contributed by atoms with Crippen LogP contribution in [0, 0.1) is 0 Å². The summed E-state index contributed by atoms with van der Waals surface area (Å²) in [4.78, 5) is 13.5. The number of hydrogen-bond donors (Lipinski definition) is 2. The number of rotatable bonds is 7. The third-order valence-corrected chi connectivity index (χ3v) is 2.93. The Morgan fingerprint density at radius 3 is 2.65 bits per heavy atom. The van der Waals surface area contributed by atoms with Gasteiger partial charge in [-0.2, -0.15) is 0 Å². The van der Waals surface area contributed by atoms with Crippen molar-refractivity contribution in [3.8, 4) is 5.75 Å².